The van der Waals surface area contributed by atoms with Gasteiger partial charge in [0.05, 0.1) is 10.6 Å². The highest BCUT2D eigenvalue weighted by Crippen LogP contribution is 2.16. The number of hydrogen-bond acceptors (Lipinski definition) is 5. The molecule has 1 aromatic heterocycles. The molecule has 0 spiro atoms. The monoisotopic (exact) mass is 318 g/mol. The number of amides is 1. The number of hydroxylamine groups is 1. The van der Waals surface area contributed by atoms with Gasteiger partial charge in [-0.05, 0) is 29.3 Å². The summed E-state index contributed by atoms with van der Waals surface area (Å²) in [6, 6.07) is 9.65. The summed E-state index contributed by atoms with van der Waals surface area (Å²) in [4.78, 5) is 14.9. The molecule has 0 saturated heterocycles. The largest absolute Gasteiger partial charge is 0.288 e. The van der Waals surface area contributed by atoms with Crippen LogP contribution in [0.25, 0.3) is 6.08 Å². The second kappa shape index (κ2) is 6.97. The lowest BCUT2D eigenvalue weighted by atomic mass is 10.1. The zero-order valence-corrected chi connectivity index (χ0v) is 12.3. The van der Waals surface area contributed by atoms with Crippen molar-refractivity contribution in [3.63, 3.8) is 0 Å². The van der Waals surface area contributed by atoms with Gasteiger partial charge in [-0.1, -0.05) is 24.3 Å². The van der Waals surface area contributed by atoms with Gasteiger partial charge in [-0.15, -0.1) is 0 Å². The van der Waals surface area contributed by atoms with Gasteiger partial charge < -0.3 is 0 Å². The molecule has 0 aliphatic rings. The Balaban J connectivity index is 2.12. The maximum Gasteiger partial charge on any atom is 0.267 e. The molecular formula is C15H14N2O4S. The number of nitrogens with one attached hydrogen (secondary N) is 1. The molecule has 6 nitrogen and oxygen atoms in total. The Morgan fingerprint density at radius 3 is 2.36 bits per heavy atom. The van der Waals surface area contributed by atoms with E-state index in [1.54, 1.807) is 24.3 Å². The molecule has 0 fully saturated rings. The zero-order chi connectivity index (χ0) is 16.0. The number of benzene rings is 1. The molecule has 2 N–H and O–H groups in total. The normalized spacial score (nSPS) is 11.5. The maximum atomic E-state index is 12.2. The van der Waals surface area contributed by atoms with Crippen LogP contribution in [-0.4, -0.2) is 24.5 Å². The summed E-state index contributed by atoms with van der Waals surface area (Å²) in [6.07, 6.45) is 5.55. The second-order valence-electron chi connectivity index (χ2n) is 4.49. The summed E-state index contributed by atoms with van der Waals surface area (Å²) < 4.78 is 24.4. The van der Waals surface area contributed by atoms with E-state index in [-0.39, 0.29) is 10.6 Å². The SMILES string of the molecule is O=C(C=Cc1ccc(CS(=O)(=O)c2ccncc2)cc1)NO. The van der Waals surface area contributed by atoms with Crippen LogP contribution in [0, 0.1) is 0 Å². The van der Waals surface area contributed by atoms with Crippen LogP contribution in [0.2, 0.25) is 0 Å². The summed E-state index contributed by atoms with van der Waals surface area (Å²) in [7, 11) is -3.41. The lowest BCUT2D eigenvalue weighted by Crippen LogP contribution is -2.14. The van der Waals surface area contributed by atoms with Crippen molar-refractivity contribution >= 4 is 21.8 Å². The van der Waals surface area contributed by atoms with Crippen LogP contribution in [0.15, 0.2) is 59.8 Å². The van der Waals surface area contributed by atoms with E-state index in [0.29, 0.717) is 11.1 Å². The van der Waals surface area contributed by atoms with E-state index < -0.39 is 15.7 Å². The number of nitrogens with zero attached hydrogens (tertiary/aromatic N) is 1. The van der Waals surface area contributed by atoms with Gasteiger partial charge in [-0.3, -0.25) is 15.0 Å². The fraction of sp³-hybridized carbons (Fsp3) is 0.0667. The fourth-order valence-corrected chi connectivity index (χ4v) is 3.12. The Kier molecular flexibility index (Phi) is 5.03. The summed E-state index contributed by atoms with van der Waals surface area (Å²) in [5, 5.41) is 8.37. The minimum atomic E-state index is -3.41. The predicted molar refractivity (Wildman–Crippen MR) is 80.5 cm³/mol. The van der Waals surface area contributed by atoms with E-state index in [0.717, 1.165) is 0 Å². The number of sulfone groups is 1. The smallest absolute Gasteiger partial charge is 0.267 e. The topological polar surface area (TPSA) is 96.4 Å². The summed E-state index contributed by atoms with van der Waals surface area (Å²) in [6.45, 7) is 0. The van der Waals surface area contributed by atoms with E-state index in [2.05, 4.69) is 4.98 Å². The molecule has 0 aliphatic heterocycles. The van der Waals surface area contributed by atoms with Gasteiger partial charge in [0.2, 0.25) is 0 Å². The van der Waals surface area contributed by atoms with Crippen molar-refractivity contribution in [3.8, 4) is 0 Å². The number of aromatic nitrogens is 1. The molecule has 0 bridgehead atoms. The maximum absolute atomic E-state index is 12.2. The first kappa shape index (κ1) is 15.9. The van der Waals surface area contributed by atoms with Crippen LogP contribution in [0.3, 0.4) is 0 Å². The Morgan fingerprint density at radius 2 is 1.77 bits per heavy atom. The lowest BCUT2D eigenvalue weighted by molar-refractivity contribution is -0.124. The molecule has 0 radical (unpaired) electrons. The Hall–Kier alpha value is -2.51. The van der Waals surface area contributed by atoms with E-state index in [4.69, 9.17) is 5.21 Å². The van der Waals surface area contributed by atoms with Crippen molar-refractivity contribution in [2.45, 2.75) is 10.6 Å². The highest BCUT2D eigenvalue weighted by Gasteiger charge is 2.14. The van der Waals surface area contributed by atoms with Gasteiger partial charge in [-0.25, -0.2) is 13.9 Å². The van der Waals surface area contributed by atoms with E-state index in [1.165, 1.54) is 42.2 Å². The molecule has 22 heavy (non-hydrogen) atoms. The van der Waals surface area contributed by atoms with Crippen LogP contribution in [-0.2, 0) is 20.4 Å². The van der Waals surface area contributed by atoms with Crippen molar-refractivity contribution in [1.82, 2.24) is 10.5 Å². The third-order valence-corrected chi connectivity index (χ3v) is 4.59. The van der Waals surface area contributed by atoms with Crippen molar-refractivity contribution in [2.24, 2.45) is 0 Å². The van der Waals surface area contributed by atoms with Gasteiger partial charge in [0.25, 0.3) is 5.91 Å². The van der Waals surface area contributed by atoms with Crippen molar-refractivity contribution in [3.05, 3.63) is 66.0 Å². The summed E-state index contributed by atoms with van der Waals surface area (Å²) >= 11 is 0. The first-order valence-corrected chi connectivity index (χ1v) is 8.00. The molecule has 0 atom stereocenters. The predicted octanol–water partition coefficient (Wildman–Crippen LogP) is 1.57. The zero-order valence-electron chi connectivity index (χ0n) is 11.5. The number of carbonyl (C=O) groups excluding carboxylic acids is 1. The fourth-order valence-electron chi connectivity index (χ4n) is 1.78. The number of pyridine rings is 1. The molecule has 0 unspecified atom stereocenters. The van der Waals surface area contributed by atoms with Crippen molar-refractivity contribution in [1.29, 1.82) is 0 Å². The van der Waals surface area contributed by atoms with Crippen LogP contribution in [0.1, 0.15) is 11.1 Å². The Bertz CT molecular complexity index is 769. The molecule has 0 aliphatic carbocycles. The quantitative estimate of drug-likeness (QED) is 0.495. The van der Waals surface area contributed by atoms with Gasteiger partial charge in [0.1, 0.15) is 0 Å². The lowest BCUT2D eigenvalue weighted by Gasteiger charge is -2.04. The second-order valence-corrected chi connectivity index (χ2v) is 6.48. The molecule has 114 valence electrons. The van der Waals surface area contributed by atoms with Crippen LogP contribution in [0.4, 0.5) is 0 Å². The van der Waals surface area contributed by atoms with Crippen LogP contribution >= 0.6 is 0 Å². The van der Waals surface area contributed by atoms with Gasteiger partial charge >= 0.3 is 0 Å². The van der Waals surface area contributed by atoms with Gasteiger partial charge in [0, 0.05) is 18.5 Å². The van der Waals surface area contributed by atoms with Gasteiger partial charge in [0.15, 0.2) is 9.84 Å². The highest BCUT2D eigenvalue weighted by molar-refractivity contribution is 7.90. The number of rotatable bonds is 5. The van der Waals surface area contributed by atoms with Crippen LogP contribution in [0.5, 0.6) is 0 Å². The van der Waals surface area contributed by atoms with Crippen molar-refractivity contribution < 1.29 is 18.4 Å². The summed E-state index contributed by atoms with van der Waals surface area (Å²) in [5.74, 6) is -0.748. The standard InChI is InChI=1S/C15H14N2O4S/c18-15(17-19)6-5-12-1-3-13(4-2-12)11-22(20,21)14-7-9-16-10-8-14/h1-10,19H,11H2,(H,17,18). The Labute approximate surface area is 128 Å². The van der Waals surface area contributed by atoms with Gasteiger partial charge in [-0.2, -0.15) is 0 Å². The first-order chi connectivity index (χ1) is 10.5. The molecule has 2 rings (SSSR count). The molecule has 0 saturated carbocycles. The molecular weight excluding hydrogens is 304 g/mol. The van der Waals surface area contributed by atoms with Crippen molar-refractivity contribution in [2.75, 3.05) is 0 Å². The van der Waals surface area contributed by atoms with E-state index >= 15 is 0 Å². The van der Waals surface area contributed by atoms with E-state index in [9.17, 15) is 13.2 Å². The van der Waals surface area contributed by atoms with E-state index in [1.807, 2.05) is 0 Å². The third-order valence-electron chi connectivity index (χ3n) is 2.88. The van der Waals surface area contributed by atoms with Crippen LogP contribution < -0.4 is 5.48 Å². The first-order valence-electron chi connectivity index (χ1n) is 6.35. The number of carbonyl (C=O) groups is 1. The minimum Gasteiger partial charge on any atom is -0.288 e. The third kappa shape index (κ3) is 4.24. The average Bonchev–Trinajstić information content (AvgIpc) is 2.54. The minimum absolute atomic E-state index is 0.113. The number of hydrogen-bond donors (Lipinski definition) is 2. The molecule has 7 heteroatoms. The molecule has 2 aromatic rings. The summed E-state index contributed by atoms with van der Waals surface area (Å²) in [5.41, 5.74) is 2.84. The molecule has 1 amide bonds. The highest BCUT2D eigenvalue weighted by atomic mass is 32.2. The average molecular weight is 318 g/mol. The molecule has 1 heterocycles. The molecule has 1 aromatic carbocycles. The Morgan fingerprint density at radius 1 is 1.14 bits per heavy atom.